The van der Waals surface area contributed by atoms with Crippen molar-refractivity contribution in [2.24, 2.45) is 0 Å². The quantitative estimate of drug-likeness (QED) is 0.760. The zero-order valence-corrected chi connectivity index (χ0v) is 14.7. The van der Waals surface area contributed by atoms with Crippen molar-refractivity contribution in [3.63, 3.8) is 0 Å². The van der Waals surface area contributed by atoms with E-state index in [-0.39, 0.29) is 30.1 Å². The van der Waals surface area contributed by atoms with E-state index in [9.17, 15) is 22.8 Å². The Bertz CT molecular complexity index is 790. The second-order valence-electron chi connectivity index (χ2n) is 5.72. The Labute approximate surface area is 151 Å². The molecule has 1 atom stereocenters. The maximum atomic E-state index is 13.0. The number of hydrogen-bond donors (Lipinski definition) is 2. The van der Waals surface area contributed by atoms with E-state index in [4.69, 9.17) is 5.11 Å². The summed E-state index contributed by atoms with van der Waals surface area (Å²) < 4.78 is 39.1. The highest BCUT2D eigenvalue weighted by Gasteiger charge is 2.34. The number of carbonyl (C=O) groups excluding carboxylic acids is 1. The van der Waals surface area contributed by atoms with Crippen molar-refractivity contribution in [3.8, 4) is 0 Å². The van der Waals surface area contributed by atoms with E-state index in [1.165, 1.54) is 34.9 Å². The first-order valence-corrected chi connectivity index (χ1v) is 8.67. The Morgan fingerprint density at radius 1 is 1.31 bits per heavy atom. The number of thiazole rings is 1. The fourth-order valence-corrected chi connectivity index (χ4v) is 3.25. The lowest BCUT2D eigenvalue weighted by molar-refractivity contribution is -0.138. The van der Waals surface area contributed by atoms with Gasteiger partial charge in [-0.15, -0.1) is 11.3 Å². The third kappa shape index (κ3) is 5.29. The summed E-state index contributed by atoms with van der Waals surface area (Å²) in [7, 11) is 0. The van der Waals surface area contributed by atoms with Crippen molar-refractivity contribution in [2.45, 2.75) is 31.9 Å². The van der Waals surface area contributed by atoms with E-state index in [1.807, 2.05) is 0 Å². The summed E-state index contributed by atoms with van der Waals surface area (Å²) >= 11 is 1.18. The minimum Gasteiger partial charge on any atom is -0.476 e. The number of carbonyl (C=O) groups is 2. The highest BCUT2D eigenvalue weighted by molar-refractivity contribution is 7.09. The maximum absolute atomic E-state index is 13.0. The van der Waals surface area contributed by atoms with E-state index < -0.39 is 23.6 Å². The van der Waals surface area contributed by atoms with Crippen LogP contribution in [0.15, 0.2) is 29.6 Å². The number of aromatic carboxylic acids is 1. The van der Waals surface area contributed by atoms with Crippen LogP contribution in [-0.4, -0.2) is 28.5 Å². The van der Waals surface area contributed by atoms with Crippen molar-refractivity contribution in [2.75, 3.05) is 6.54 Å². The molecule has 0 aliphatic heterocycles. The molecule has 0 fully saturated rings. The molecular weight excluding hydrogens is 369 g/mol. The van der Waals surface area contributed by atoms with Gasteiger partial charge in [0.1, 0.15) is 0 Å². The Hall–Kier alpha value is -2.42. The average Bonchev–Trinajstić information content (AvgIpc) is 3.03. The van der Waals surface area contributed by atoms with Gasteiger partial charge in [-0.25, -0.2) is 9.78 Å². The van der Waals surface area contributed by atoms with E-state index in [2.05, 4.69) is 10.3 Å². The molecule has 0 saturated carbocycles. The minimum atomic E-state index is -4.46. The third-order valence-corrected chi connectivity index (χ3v) is 4.63. The van der Waals surface area contributed by atoms with Crippen molar-refractivity contribution >= 4 is 23.2 Å². The number of aromatic nitrogens is 1. The summed E-state index contributed by atoms with van der Waals surface area (Å²) in [5.41, 5.74) is -0.695. The van der Waals surface area contributed by atoms with Crippen LogP contribution in [0.4, 0.5) is 13.2 Å². The van der Waals surface area contributed by atoms with Gasteiger partial charge in [0.15, 0.2) is 5.69 Å². The predicted octanol–water partition coefficient (Wildman–Crippen LogP) is 3.71. The van der Waals surface area contributed by atoms with Gasteiger partial charge in [-0.2, -0.15) is 13.2 Å². The summed E-state index contributed by atoms with van der Waals surface area (Å²) in [6.07, 6.45) is -4.18. The number of hydrogen-bond acceptors (Lipinski definition) is 4. The van der Waals surface area contributed by atoms with Gasteiger partial charge in [0, 0.05) is 24.8 Å². The molecule has 0 bridgehead atoms. The van der Waals surface area contributed by atoms with E-state index >= 15 is 0 Å². The van der Waals surface area contributed by atoms with Crippen LogP contribution in [0, 0.1) is 0 Å². The largest absolute Gasteiger partial charge is 0.476 e. The number of benzene rings is 1. The van der Waals surface area contributed by atoms with Gasteiger partial charge in [0.05, 0.1) is 10.6 Å². The second-order valence-corrected chi connectivity index (χ2v) is 6.66. The number of alkyl halides is 3. The number of amides is 1. The number of nitrogens with zero attached hydrogens (tertiary/aromatic N) is 1. The van der Waals surface area contributed by atoms with Crippen LogP contribution in [0.5, 0.6) is 0 Å². The van der Waals surface area contributed by atoms with Gasteiger partial charge in [0.25, 0.3) is 0 Å². The summed E-state index contributed by atoms with van der Waals surface area (Å²) in [5.74, 6) is -2.08. The molecule has 1 aromatic heterocycles. The monoisotopic (exact) mass is 386 g/mol. The zero-order valence-electron chi connectivity index (χ0n) is 13.8. The number of halogens is 3. The first-order valence-electron chi connectivity index (χ1n) is 7.79. The lowest BCUT2D eigenvalue weighted by atomic mass is 9.92. The van der Waals surface area contributed by atoms with Crippen molar-refractivity contribution in [1.29, 1.82) is 0 Å². The molecular formula is C17H17F3N2O3S. The molecule has 140 valence electrons. The lowest BCUT2D eigenvalue weighted by Gasteiger charge is -2.18. The Kier molecular flexibility index (Phi) is 6.36. The van der Waals surface area contributed by atoms with Crippen LogP contribution in [0.3, 0.4) is 0 Å². The van der Waals surface area contributed by atoms with Gasteiger partial charge in [0.2, 0.25) is 5.91 Å². The Morgan fingerprint density at radius 3 is 2.62 bits per heavy atom. The van der Waals surface area contributed by atoms with Gasteiger partial charge in [-0.3, -0.25) is 4.79 Å². The Morgan fingerprint density at radius 2 is 2.00 bits per heavy atom. The van der Waals surface area contributed by atoms with Gasteiger partial charge < -0.3 is 10.4 Å². The maximum Gasteiger partial charge on any atom is 0.416 e. The molecule has 2 rings (SSSR count). The van der Waals surface area contributed by atoms with Crippen molar-refractivity contribution in [1.82, 2.24) is 10.3 Å². The molecule has 1 unspecified atom stereocenters. The molecule has 0 spiro atoms. The first kappa shape index (κ1) is 19.9. The molecule has 0 aliphatic carbocycles. The van der Waals surface area contributed by atoms with E-state index in [1.54, 1.807) is 6.92 Å². The predicted molar refractivity (Wildman–Crippen MR) is 90.3 cm³/mol. The van der Waals surface area contributed by atoms with Crippen LogP contribution >= 0.6 is 11.3 Å². The normalized spacial score (nSPS) is 12.6. The molecule has 26 heavy (non-hydrogen) atoms. The van der Waals surface area contributed by atoms with Crippen molar-refractivity contribution < 1.29 is 27.9 Å². The lowest BCUT2D eigenvalue weighted by Crippen LogP contribution is -2.27. The Balaban J connectivity index is 1.88. The van der Waals surface area contributed by atoms with E-state index in [0.717, 1.165) is 6.07 Å². The molecule has 1 amide bonds. The molecule has 2 aromatic rings. The summed E-state index contributed by atoms with van der Waals surface area (Å²) in [6, 6.07) is 5.22. The molecule has 1 aromatic carbocycles. The van der Waals surface area contributed by atoms with E-state index in [0.29, 0.717) is 11.4 Å². The fraction of sp³-hybridized carbons (Fsp3) is 0.353. The van der Waals surface area contributed by atoms with Crippen molar-refractivity contribution in [3.05, 3.63) is 51.5 Å². The fourth-order valence-electron chi connectivity index (χ4n) is 2.48. The molecule has 0 radical (unpaired) electrons. The number of carboxylic acids is 1. The minimum absolute atomic E-state index is 0.0475. The van der Waals surface area contributed by atoms with Crippen LogP contribution in [0.25, 0.3) is 0 Å². The van der Waals surface area contributed by atoms with Crippen LogP contribution in [0.1, 0.15) is 45.9 Å². The molecule has 9 heteroatoms. The molecule has 5 nitrogen and oxygen atoms in total. The van der Waals surface area contributed by atoms with Gasteiger partial charge in [-0.1, -0.05) is 25.1 Å². The molecule has 2 N–H and O–H groups in total. The van der Waals surface area contributed by atoms with Gasteiger partial charge in [-0.05, 0) is 17.5 Å². The average molecular weight is 386 g/mol. The molecule has 1 heterocycles. The summed E-state index contributed by atoms with van der Waals surface area (Å²) in [4.78, 5) is 26.6. The summed E-state index contributed by atoms with van der Waals surface area (Å²) in [6.45, 7) is 1.81. The number of carboxylic acid groups (broad SMARTS) is 1. The molecule has 0 aliphatic rings. The number of nitrogens with one attached hydrogen (secondary N) is 1. The third-order valence-electron chi connectivity index (χ3n) is 3.72. The SMILES string of the molecule is CC(CC(=O)NCCc1nc(C(=O)O)cs1)c1ccccc1C(F)(F)F. The number of rotatable bonds is 7. The topological polar surface area (TPSA) is 79.3 Å². The zero-order chi connectivity index (χ0) is 19.3. The second kappa shape index (κ2) is 8.31. The smallest absolute Gasteiger partial charge is 0.416 e. The standard InChI is InChI=1S/C17H17F3N2O3S/c1-10(11-4-2-3-5-12(11)17(18,19)20)8-14(23)21-7-6-15-22-13(9-26-15)16(24)25/h2-5,9-10H,6-8H2,1H3,(H,21,23)(H,24,25). The van der Waals surface area contributed by atoms with Crippen LogP contribution in [-0.2, 0) is 17.4 Å². The molecule has 0 saturated heterocycles. The van der Waals surface area contributed by atoms with Crippen LogP contribution < -0.4 is 5.32 Å². The van der Waals surface area contributed by atoms with Crippen LogP contribution in [0.2, 0.25) is 0 Å². The first-order chi connectivity index (χ1) is 12.2. The van der Waals surface area contributed by atoms with Gasteiger partial charge >= 0.3 is 12.1 Å². The highest BCUT2D eigenvalue weighted by atomic mass is 32.1. The summed E-state index contributed by atoms with van der Waals surface area (Å²) in [5, 5.41) is 13.4. The highest BCUT2D eigenvalue weighted by Crippen LogP contribution is 2.35.